The summed E-state index contributed by atoms with van der Waals surface area (Å²) in [5.74, 6) is -0.605. The lowest BCUT2D eigenvalue weighted by molar-refractivity contribution is -0.124. The van der Waals surface area contributed by atoms with Gasteiger partial charge < -0.3 is 15.2 Å². The molecule has 1 saturated carbocycles. The van der Waals surface area contributed by atoms with Crippen molar-refractivity contribution in [3.63, 3.8) is 0 Å². The van der Waals surface area contributed by atoms with Crippen LogP contribution >= 0.6 is 0 Å². The van der Waals surface area contributed by atoms with Crippen LogP contribution < -0.4 is 5.32 Å². The average Bonchev–Trinajstić information content (AvgIpc) is 2.52. The van der Waals surface area contributed by atoms with Gasteiger partial charge in [-0.15, -0.1) is 0 Å². The smallest absolute Gasteiger partial charge is 0.342 e. The first-order valence-electron chi connectivity index (χ1n) is 7.38. The van der Waals surface area contributed by atoms with Gasteiger partial charge in [0, 0.05) is 6.54 Å². The van der Waals surface area contributed by atoms with Gasteiger partial charge >= 0.3 is 5.97 Å². The third-order valence-corrected chi connectivity index (χ3v) is 3.77. The third kappa shape index (κ3) is 4.77. The Morgan fingerprint density at radius 3 is 2.62 bits per heavy atom. The SMILES string of the molecule is O=C(COC(=O)c1ccccc1O)NCC1CCCCC1. The molecule has 1 fully saturated rings. The molecule has 0 aliphatic heterocycles. The number of nitrogens with one attached hydrogen (secondary N) is 1. The van der Waals surface area contributed by atoms with E-state index in [1.165, 1.54) is 31.4 Å². The van der Waals surface area contributed by atoms with E-state index in [4.69, 9.17) is 4.74 Å². The molecule has 0 atom stereocenters. The maximum atomic E-state index is 11.7. The molecule has 114 valence electrons. The summed E-state index contributed by atoms with van der Waals surface area (Å²) in [5.41, 5.74) is 0.0672. The number of rotatable bonds is 5. The highest BCUT2D eigenvalue weighted by Crippen LogP contribution is 2.22. The van der Waals surface area contributed by atoms with E-state index in [-0.39, 0.29) is 23.8 Å². The summed E-state index contributed by atoms with van der Waals surface area (Å²) < 4.78 is 4.90. The second-order valence-corrected chi connectivity index (χ2v) is 5.40. The van der Waals surface area contributed by atoms with E-state index in [2.05, 4.69) is 5.32 Å². The number of hydrogen-bond acceptors (Lipinski definition) is 4. The summed E-state index contributed by atoms with van der Waals surface area (Å²) in [6.45, 7) is 0.326. The molecule has 0 unspecified atom stereocenters. The lowest BCUT2D eigenvalue weighted by Gasteiger charge is -2.21. The minimum Gasteiger partial charge on any atom is -0.507 e. The van der Waals surface area contributed by atoms with E-state index in [0.717, 1.165) is 12.8 Å². The van der Waals surface area contributed by atoms with Gasteiger partial charge in [0.2, 0.25) is 0 Å². The molecule has 5 heteroatoms. The van der Waals surface area contributed by atoms with Gasteiger partial charge in [-0.1, -0.05) is 31.4 Å². The zero-order chi connectivity index (χ0) is 15.1. The lowest BCUT2D eigenvalue weighted by atomic mass is 9.89. The van der Waals surface area contributed by atoms with E-state index in [1.54, 1.807) is 12.1 Å². The molecule has 2 N–H and O–H groups in total. The van der Waals surface area contributed by atoms with E-state index in [0.29, 0.717) is 12.5 Å². The predicted molar refractivity (Wildman–Crippen MR) is 78.0 cm³/mol. The quantitative estimate of drug-likeness (QED) is 0.816. The van der Waals surface area contributed by atoms with Crippen LogP contribution in [0.25, 0.3) is 0 Å². The van der Waals surface area contributed by atoms with E-state index in [9.17, 15) is 14.7 Å². The molecular formula is C16H21NO4. The van der Waals surface area contributed by atoms with Crippen LogP contribution in [0.1, 0.15) is 42.5 Å². The second kappa shape index (κ2) is 7.67. The number of phenols is 1. The normalized spacial score (nSPS) is 15.4. The molecule has 0 aromatic heterocycles. The van der Waals surface area contributed by atoms with Crippen molar-refractivity contribution in [1.29, 1.82) is 0 Å². The van der Waals surface area contributed by atoms with Crippen molar-refractivity contribution < 1.29 is 19.4 Å². The molecule has 1 aromatic carbocycles. The van der Waals surface area contributed by atoms with E-state index in [1.807, 2.05) is 0 Å². The molecule has 1 amide bonds. The molecule has 0 bridgehead atoms. The van der Waals surface area contributed by atoms with Crippen LogP contribution in [0.5, 0.6) is 5.75 Å². The maximum absolute atomic E-state index is 11.7. The summed E-state index contributed by atoms with van der Waals surface area (Å²) in [4.78, 5) is 23.4. The first-order chi connectivity index (χ1) is 10.2. The fourth-order valence-electron chi connectivity index (χ4n) is 2.56. The van der Waals surface area contributed by atoms with Gasteiger partial charge in [0.15, 0.2) is 6.61 Å². The van der Waals surface area contributed by atoms with Crippen LogP contribution in [0.15, 0.2) is 24.3 Å². The summed E-state index contributed by atoms with van der Waals surface area (Å²) in [5, 5.41) is 12.3. The second-order valence-electron chi connectivity index (χ2n) is 5.40. The van der Waals surface area contributed by atoms with Crippen molar-refractivity contribution in [1.82, 2.24) is 5.32 Å². The predicted octanol–water partition coefficient (Wildman–Crippen LogP) is 2.25. The molecule has 0 heterocycles. The van der Waals surface area contributed by atoms with Gasteiger partial charge in [0.05, 0.1) is 0 Å². The number of aromatic hydroxyl groups is 1. The highest BCUT2D eigenvalue weighted by Gasteiger charge is 2.16. The molecule has 21 heavy (non-hydrogen) atoms. The molecule has 1 aliphatic rings. The molecular weight excluding hydrogens is 270 g/mol. The monoisotopic (exact) mass is 291 g/mol. The Kier molecular flexibility index (Phi) is 5.60. The Morgan fingerprint density at radius 2 is 1.90 bits per heavy atom. The zero-order valence-electron chi connectivity index (χ0n) is 12.0. The van der Waals surface area contributed by atoms with Crippen molar-refractivity contribution in [2.24, 2.45) is 5.92 Å². The Morgan fingerprint density at radius 1 is 1.19 bits per heavy atom. The number of hydrogen-bond donors (Lipinski definition) is 2. The minimum atomic E-state index is -0.694. The highest BCUT2D eigenvalue weighted by atomic mass is 16.5. The fraction of sp³-hybridized carbons (Fsp3) is 0.500. The van der Waals surface area contributed by atoms with Crippen LogP contribution in [0, 0.1) is 5.92 Å². The number of ether oxygens (including phenoxy) is 1. The molecule has 2 rings (SSSR count). The van der Waals surface area contributed by atoms with Crippen LogP contribution in [-0.4, -0.2) is 30.1 Å². The number of carbonyl (C=O) groups excluding carboxylic acids is 2. The third-order valence-electron chi connectivity index (χ3n) is 3.77. The minimum absolute atomic E-state index is 0.0672. The molecule has 0 spiro atoms. The van der Waals surface area contributed by atoms with Crippen molar-refractivity contribution in [2.45, 2.75) is 32.1 Å². The van der Waals surface area contributed by atoms with Crippen molar-refractivity contribution in [3.05, 3.63) is 29.8 Å². The van der Waals surface area contributed by atoms with Gasteiger partial charge in [-0.25, -0.2) is 4.79 Å². The van der Waals surface area contributed by atoms with Crippen molar-refractivity contribution in [3.8, 4) is 5.75 Å². The fourth-order valence-corrected chi connectivity index (χ4v) is 2.56. The summed E-state index contributed by atoms with van der Waals surface area (Å²) in [7, 11) is 0. The highest BCUT2D eigenvalue weighted by molar-refractivity contribution is 5.93. The average molecular weight is 291 g/mol. The summed E-state index contributed by atoms with van der Waals surface area (Å²) >= 11 is 0. The largest absolute Gasteiger partial charge is 0.507 e. The van der Waals surface area contributed by atoms with E-state index >= 15 is 0 Å². The molecule has 5 nitrogen and oxygen atoms in total. The first-order valence-corrected chi connectivity index (χ1v) is 7.38. The summed E-state index contributed by atoms with van der Waals surface area (Å²) in [6.07, 6.45) is 6.03. The van der Waals surface area contributed by atoms with E-state index < -0.39 is 5.97 Å². The summed E-state index contributed by atoms with van der Waals surface area (Å²) in [6, 6.07) is 6.10. The van der Waals surface area contributed by atoms with Gasteiger partial charge in [0.1, 0.15) is 11.3 Å². The van der Waals surface area contributed by atoms with Crippen molar-refractivity contribution in [2.75, 3.05) is 13.2 Å². The first kappa shape index (κ1) is 15.4. The van der Waals surface area contributed by atoms with Gasteiger partial charge in [0.25, 0.3) is 5.91 Å². The van der Waals surface area contributed by atoms with Gasteiger partial charge in [-0.05, 0) is 30.9 Å². The number of amides is 1. The van der Waals surface area contributed by atoms with Crippen LogP contribution in [0.3, 0.4) is 0 Å². The molecule has 0 radical (unpaired) electrons. The lowest BCUT2D eigenvalue weighted by Crippen LogP contribution is -2.33. The number of carbonyl (C=O) groups is 2. The topological polar surface area (TPSA) is 75.6 Å². The van der Waals surface area contributed by atoms with Crippen LogP contribution in [0.4, 0.5) is 0 Å². The zero-order valence-corrected chi connectivity index (χ0v) is 12.0. The molecule has 0 saturated heterocycles. The number of benzene rings is 1. The van der Waals surface area contributed by atoms with Crippen molar-refractivity contribution >= 4 is 11.9 Å². The number of para-hydroxylation sites is 1. The number of phenolic OH excluding ortho intramolecular Hbond substituents is 1. The van der Waals surface area contributed by atoms with Gasteiger partial charge in [-0.3, -0.25) is 4.79 Å². The van der Waals surface area contributed by atoms with Crippen LogP contribution in [0.2, 0.25) is 0 Å². The number of esters is 1. The Bertz CT molecular complexity index is 495. The molecule has 1 aliphatic carbocycles. The Balaban J connectivity index is 1.71. The Hall–Kier alpha value is -2.04. The molecule has 1 aromatic rings. The van der Waals surface area contributed by atoms with Crippen LogP contribution in [-0.2, 0) is 9.53 Å². The Labute approximate surface area is 124 Å². The van der Waals surface area contributed by atoms with Gasteiger partial charge in [-0.2, -0.15) is 0 Å². The maximum Gasteiger partial charge on any atom is 0.342 e. The standard InChI is InChI=1S/C16H21NO4/c18-14-9-5-4-8-13(14)16(20)21-11-15(19)17-10-12-6-2-1-3-7-12/h4-5,8-9,12,18H,1-3,6-7,10-11H2,(H,17,19).